The van der Waals surface area contributed by atoms with Gasteiger partial charge < -0.3 is 9.67 Å². The van der Waals surface area contributed by atoms with Crippen molar-refractivity contribution in [1.29, 1.82) is 0 Å². The molecule has 1 unspecified atom stereocenters. The van der Waals surface area contributed by atoms with Crippen molar-refractivity contribution in [2.45, 2.75) is 64.0 Å². The Kier molecular flexibility index (Phi) is 5.21. The molecular weight excluding hydrogens is 376 g/mol. The van der Waals surface area contributed by atoms with Crippen molar-refractivity contribution in [2.24, 2.45) is 4.99 Å². The number of nitrogens with zero attached hydrogens (tertiary/aromatic N) is 4. The van der Waals surface area contributed by atoms with Gasteiger partial charge in [-0.25, -0.2) is 0 Å². The number of rotatable bonds is 4. The highest BCUT2D eigenvalue weighted by Gasteiger charge is 2.39. The lowest BCUT2D eigenvalue weighted by molar-refractivity contribution is -0.508. The number of aromatic hydroxyl groups is 1. The van der Waals surface area contributed by atoms with E-state index in [0.717, 1.165) is 38.5 Å². The molecule has 3 heterocycles. The largest absolute Gasteiger partial charge is 0.507 e. The van der Waals surface area contributed by atoms with Gasteiger partial charge in [0.25, 0.3) is 11.7 Å². The maximum Gasteiger partial charge on any atom is 0.298 e. The molecule has 0 fully saturated rings. The molecule has 0 saturated carbocycles. The summed E-state index contributed by atoms with van der Waals surface area (Å²) in [7, 11) is 0. The number of fused-ring (bicyclic) bond motifs is 3. The number of hydrogen-bond acceptors (Lipinski definition) is 6. The summed E-state index contributed by atoms with van der Waals surface area (Å²) in [6, 6.07) is 1.69. The molecule has 0 spiro atoms. The highest BCUT2D eigenvalue weighted by Crippen LogP contribution is 2.44. The number of aromatic nitrogens is 1. The van der Waals surface area contributed by atoms with Crippen molar-refractivity contribution in [3.63, 3.8) is 0 Å². The fraction of sp³-hybridized carbons (Fsp3) is 0.550. The maximum atomic E-state index is 12.1. The van der Waals surface area contributed by atoms with E-state index in [4.69, 9.17) is 0 Å². The Balaban J connectivity index is 2.03. The first kappa shape index (κ1) is 19.4. The molecule has 1 atom stereocenters. The Bertz CT molecular complexity index is 1010. The Morgan fingerprint density at radius 3 is 2.55 bits per heavy atom. The molecule has 1 aromatic carbocycles. The average molecular weight is 400 g/mol. The lowest BCUT2D eigenvalue weighted by Gasteiger charge is -2.15. The summed E-state index contributed by atoms with van der Waals surface area (Å²) in [6.45, 7) is 1.14. The smallest absolute Gasteiger partial charge is 0.298 e. The molecule has 4 rings (SSSR count). The summed E-state index contributed by atoms with van der Waals surface area (Å²) in [5, 5.41) is 35.0. The second-order valence-electron chi connectivity index (χ2n) is 7.78. The second-order valence-corrected chi connectivity index (χ2v) is 7.78. The molecule has 2 aromatic rings. The standard InChI is InChI=1S/C20H24N4O5/c25-16-10-9-14-17(20(24(28)29)15-8-4-2-6-12-22(14)15)18(16)19(23(26)27)13-7-3-1-5-11-21-13/h9-10,19,25H,1-8,11-12H2. The third-order valence-electron chi connectivity index (χ3n) is 6.01. The zero-order valence-electron chi connectivity index (χ0n) is 16.2. The molecule has 0 bridgehead atoms. The van der Waals surface area contributed by atoms with E-state index in [9.17, 15) is 25.3 Å². The third kappa shape index (κ3) is 3.34. The molecule has 9 heteroatoms. The second kappa shape index (κ2) is 7.81. The Hall–Kier alpha value is -2.97. The van der Waals surface area contributed by atoms with Gasteiger partial charge in [0, 0.05) is 18.0 Å². The predicted octanol–water partition coefficient (Wildman–Crippen LogP) is 4.31. The van der Waals surface area contributed by atoms with Crippen LogP contribution in [0.15, 0.2) is 17.1 Å². The van der Waals surface area contributed by atoms with Crippen LogP contribution in [0.1, 0.15) is 62.2 Å². The molecule has 0 aliphatic carbocycles. The van der Waals surface area contributed by atoms with E-state index in [1.165, 1.54) is 6.07 Å². The molecule has 0 saturated heterocycles. The highest BCUT2D eigenvalue weighted by atomic mass is 16.6. The molecule has 1 aromatic heterocycles. The lowest BCUT2D eigenvalue weighted by Crippen LogP contribution is -2.22. The Labute approximate surface area is 167 Å². The molecule has 154 valence electrons. The minimum Gasteiger partial charge on any atom is -0.507 e. The monoisotopic (exact) mass is 400 g/mol. The fourth-order valence-corrected chi connectivity index (χ4v) is 4.72. The van der Waals surface area contributed by atoms with Gasteiger partial charge in [0.2, 0.25) is 0 Å². The van der Waals surface area contributed by atoms with Gasteiger partial charge in [0.1, 0.15) is 5.75 Å². The van der Waals surface area contributed by atoms with Crippen molar-refractivity contribution in [3.05, 3.63) is 43.6 Å². The van der Waals surface area contributed by atoms with Crippen LogP contribution in [0, 0.1) is 20.2 Å². The summed E-state index contributed by atoms with van der Waals surface area (Å²) in [4.78, 5) is 27.7. The fourth-order valence-electron chi connectivity index (χ4n) is 4.72. The van der Waals surface area contributed by atoms with Gasteiger partial charge in [0.05, 0.1) is 32.8 Å². The molecule has 9 nitrogen and oxygen atoms in total. The summed E-state index contributed by atoms with van der Waals surface area (Å²) >= 11 is 0. The van der Waals surface area contributed by atoms with Crippen LogP contribution >= 0.6 is 0 Å². The molecule has 29 heavy (non-hydrogen) atoms. The van der Waals surface area contributed by atoms with Crippen molar-refractivity contribution < 1.29 is 15.0 Å². The minimum atomic E-state index is -1.37. The van der Waals surface area contributed by atoms with Gasteiger partial charge in [-0.05, 0) is 50.7 Å². The van der Waals surface area contributed by atoms with E-state index in [1.807, 2.05) is 4.57 Å². The first-order valence-corrected chi connectivity index (χ1v) is 10.2. The van der Waals surface area contributed by atoms with Crippen molar-refractivity contribution in [1.82, 2.24) is 4.57 Å². The Morgan fingerprint density at radius 2 is 1.79 bits per heavy atom. The molecule has 2 aliphatic rings. The number of benzene rings is 1. The predicted molar refractivity (Wildman–Crippen MR) is 108 cm³/mol. The number of hydrogen-bond donors (Lipinski definition) is 1. The topological polar surface area (TPSA) is 124 Å². The number of nitro groups is 2. The zero-order chi connectivity index (χ0) is 20.5. The van der Waals surface area contributed by atoms with Gasteiger partial charge >= 0.3 is 0 Å². The van der Waals surface area contributed by atoms with Crippen LogP contribution in [0.2, 0.25) is 0 Å². The van der Waals surface area contributed by atoms with Crippen LogP contribution in [-0.4, -0.2) is 31.8 Å². The van der Waals surface area contributed by atoms with Crippen molar-refractivity contribution >= 4 is 22.3 Å². The first-order chi connectivity index (χ1) is 14.0. The van der Waals surface area contributed by atoms with E-state index in [1.54, 1.807) is 6.07 Å². The first-order valence-electron chi connectivity index (χ1n) is 10.2. The van der Waals surface area contributed by atoms with Crippen LogP contribution in [0.4, 0.5) is 5.69 Å². The molecule has 0 radical (unpaired) electrons. The van der Waals surface area contributed by atoms with E-state index in [2.05, 4.69) is 4.99 Å². The van der Waals surface area contributed by atoms with Gasteiger partial charge in [-0.2, -0.15) is 0 Å². The summed E-state index contributed by atoms with van der Waals surface area (Å²) in [5.74, 6) is -0.282. The maximum absolute atomic E-state index is 12.1. The quantitative estimate of drug-likeness (QED) is 0.605. The SMILES string of the molecule is O=[N+]([O-])c1c2n(c3ccc(O)c(C(C4=NCCCCC4)[N+](=O)[O-])c13)CCCCC2. The molecule has 2 aliphatic heterocycles. The number of aliphatic imine (C=N–C) groups is 1. The normalized spacial score (nSPS) is 18.4. The van der Waals surface area contributed by atoms with E-state index < -0.39 is 15.9 Å². The summed E-state index contributed by atoms with van der Waals surface area (Å²) < 4.78 is 1.91. The van der Waals surface area contributed by atoms with Gasteiger partial charge in [0.15, 0.2) is 0 Å². The van der Waals surface area contributed by atoms with Crippen LogP contribution in [0.25, 0.3) is 10.9 Å². The number of aryl methyl sites for hydroxylation is 1. The van der Waals surface area contributed by atoms with E-state index in [-0.39, 0.29) is 22.4 Å². The van der Waals surface area contributed by atoms with Crippen LogP contribution in [0.5, 0.6) is 5.75 Å². The van der Waals surface area contributed by atoms with Gasteiger partial charge in [-0.3, -0.25) is 25.2 Å². The number of phenolic OH excluding ortho intramolecular Hbond substituents is 1. The van der Waals surface area contributed by atoms with Gasteiger partial charge in [-0.1, -0.05) is 12.8 Å². The van der Waals surface area contributed by atoms with Gasteiger partial charge in [-0.15, -0.1) is 0 Å². The molecule has 1 N–H and O–H groups in total. The van der Waals surface area contributed by atoms with E-state index in [0.29, 0.717) is 42.9 Å². The van der Waals surface area contributed by atoms with Crippen LogP contribution in [-0.2, 0) is 13.0 Å². The third-order valence-corrected chi connectivity index (χ3v) is 6.01. The minimum absolute atomic E-state index is 0.0143. The zero-order valence-corrected chi connectivity index (χ0v) is 16.2. The van der Waals surface area contributed by atoms with Crippen LogP contribution in [0.3, 0.4) is 0 Å². The summed E-state index contributed by atoms with van der Waals surface area (Å²) in [5.41, 5.74) is 1.49. The van der Waals surface area contributed by atoms with E-state index >= 15 is 0 Å². The average Bonchev–Trinajstić information content (AvgIpc) is 2.90. The molecular formula is C20H24N4O5. The highest BCUT2D eigenvalue weighted by molar-refractivity contribution is 6.01. The van der Waals surface area contributed by atoms with Crippen molar-refractivity contribution in [3.8, 4) is 5.75 Å². The van der Waals surface area contributed by atoms with Crippen LogP contribution < -0.4 is 0 Å². The lowest BCUT2D eigenvalue weighted by atomic mass is 9.94. The summed E-state index contributed by atoms with van der Waals surface area (Å²) in [6.07, 6.45) is 6.32. The Morgan fingerprint density at radius 1 is 1.03 bits per heavy atom. The van der Waals surface area contributed by atoms with Crippen molar-refractivity contribution in [2.75, 3.05) is 6.54 Å². The number of phenols is 1. The molecule has 0 amide bonds.